The monoisotopic (exact) mass is 263 g/mol. The van der Waals surface area contributed by atoms with E-state index in [1.807, 2.05) is 48.7 Å². The van der Waals surface area contributed by atoms with Gasteiger partial charge in [0.25, 0.3) is 0 Å². The van der Waals surface area contributed by atoms with Gasteiger partial charge < -0.3 is 9.40 Å². The van der Waals surface area contributed by atoms with Crippen molar-refractivity contribution < 1.29 is 9.21 Å². The summed E-state index contributed by atoms with van der Waals surface area (Å²) in [5.74, 6) is 0.188. The molecule has 0 saturated heterocycles. The average molecular weight is 263 g/mol. The molecule has 20 heavy (non-hydrogen) atoms. The van der Waals surface area contributed by atoms with Crippen molar-refractivity contribution in [1.82, 2.24) is 4.98 Å². The smallest absolute Gasteiger partial charge is 0.221 e. The molecule has 0 unspecified atom stereocenters. The van der Waals surface area contributed by atoms with Crippen LogP contribution in [-0.4, -0.2) is 10.8 Å². The molecule has 0 aliphatic heterocycles. The van der Waals surface area contributed by atoms with Gasteiger partial charge in [0.1, 0.15) is 0 Å². The number of ketones is 1. The lowest BCUT2D eigenvalue weighted by atomic mass is 10.0. The van der Waals surface area contributed by atoms with Gasteiger partial charge in [-0.25, -0.2) is 0 Å². The van der Waals surface area contributed by atoms with E-state index in [1.54, 1.807) is 18.2 Å². The van der Waals surface area contributed by atoms with Crippen LogP contribution in [0.25, 0.3) is 5.57 Å². The third-order valence-electron chi connectivity index (χ3n) is 3.01. The van der Waals surface area contributed by atoms with Gasteiger partial charge in [0.05, 0.1) is 6.26 Å². The van der Waals surface area contributed by atoms with Crippen LogP contribution < -0.4 is 0 Å². The molecule has 2 aromatic heterocycles. The number of furan rings is 1. The van der Waals surface area contributed by atoms with Crippen LogP contribution in [0, 0.1) is 0 Å². The summed E-state index contributed by atoms with van der Waals surface area (Å²) in [6, 6.07) is 17.0. The molecule has 0 radical (unpaired) electrons. The largest absolute Gasteiger partial charge is 0.461 e. The average Bonchev–Trinajstić information content (AvgIpc) is 3.18. The minimum Gasteiger partial charge on any atom is -0.461 e. The summed E-state index contributed by atoms with van der Waals surface area (Å²) in [7, 11) is 0. The van der Waals surface area contributed by atoms with Crippen LogP contribution in [-0.2, 0) is 0 Å². The van der Waals surface area contributed by atoms with E-state index in [-0.39, 0.29) is 5.78 Å². The van der Waals surface area contributed by atoms with Crippen LogP contribution in [0.1, 0.15) is 21.8 Å². The normalized spacial score (nSPS) is 11.5. The Bertz CT molecular complexity index is 708. The summed E-state index contributed by atoms with van der Waals surface area (Å²) >= 11 is 0. The molecule has 0 atom stereocenters. The van der Waals surface area contributed by atoms with E-state index in [1.165, 1.54) is 6.26 Å². The molecule has 1 aromatic carbocycles. The number of aromatic nitrogens is 1. The van der Waals surface area contributed by atoms with Crippen LogP contribution in [0.15, 0.2) is 77.6 Å². The number of hydrogen-bond donors (Lipinski definition) is 1. The van der Waals surface area contributed by atoms with E-state index in [2.05, 4.69) is 4.98 Å². The molecule has 2 heterocycles. The number of allylic oxidation sites excluding steroid dienone is 1. The Balaban J connectivity index is 2.05. The van der Waals surface area contributed by atoms with E-state index in [0.29, 0.717) is 5.76 Å². The first-order chi connectivity index (χ1) is 9.84. The van der Waals surface area contributed by atoms with E-state index < -0.39 is 0 Å². The summed E-state index contributed by atoms with van der Waals surface area (Å²) in [5, 5.41) is 0. The lowest BCUT2D eigenvalue weighted by molar-refractivity contribution is 0.102. The number of aromatic amines is 1. The van der Waals surface area contributed by atoms with Crippen LogP contribution in [0.4, 0.5) is 0 Å². The van der Waals surface area contributed by atoms with Crippen molar-refractivity contribution in [3.05, 3.63) is 90.2 Å². The van der Waals surface area contributed by atoms with Crippen molar-refractivity contribution in [3.63, 3.8) is 0 Å². The van der Waals surface area contributed by atoms with E-state index in [0.717, 1.165) is 16.8 Å². The van der Waals surface area contributed by atoms with Gasteiger partial charge in [-0.15, -0.1) is 0 Å². The van der Waals surface area contributed by atoms with Crippen molar-refractivity contribution in [2.45, 2.75) is 0 Å². The number of carbonyl (C=O) groups is 1. The second-order valence-electron chi connectivity index (χ2n) is 4.35. The number of benzene rings is 1. The molecule has 0 spiro atoms. The fraction of sp³-hybridized carbons (Fsp3) is 0. The van der Waals surface area contributed by atoms with Crippen LogP contribution in [0.3, 0.4) is 0 Å². The van der Waals surface area contributed by atoms with Gasteiger partial charge in [0.2, 0.25) is 5.78 Å². The molecule has 1 N–H and O–H groups in total. The van der Waals surface area contributed by atoms with Crippen molar-refractivity contribution in [2.24, 2.45) is 0 Å². The minimum absolute atomic E-state index is 0.150. The van der Waals surface area contributed by atoms with Gasteiger partial charge in [-0.3, -0.25) is 4.79 Å². The van der Waals surface area contributed by atoms with Crippen LogP contribution >= 0.6 is 0 Å². The highest BCUT2D eigenvalue weighted by Crippen LogP contribution is 2.22. The van der Waals surface area contributed by atoms with E-state index in [9.17, 15) is 4.79 Å². The first kappa shape index (κ1) is 12.2. The molecule has 0 aliphatic carbocycles. The molecule has 3 rings (SSSR count). The first-order valence-electron chi connectivity index (χ1n) is 6.33. The fourth-order valence-electron chi connectivity index (χ4n) is 2.05. The highest BCUT2D eigenvalue weighted by atomic mass is 16.3. The lowest BCUT2D eigenvalue weighted by Crippen LogP contribution is -1.96. The zero-order valence-electron chi connectivity index (χ0n) is 10.7. The Kier molecular flexibility index (Phi) is 3.33. The van der Waals surface area contributed by atoms with Gasteiger partial charge in [-0.2, -0.15) is 0 Å². The first-order valence-corrected chi connectivity index (χ1v) is 6.33. The Morgan fingerprint density at radius 2 is 1.85 bits per heavy atom. The van der Waals surface area contributed by atoms with E-state index in [4.69, 9.17) is 4.42 Å². The summed E-state index contributed by atoms with van der Waals surface area (Å²) in [4.78, 5) is 15.3. The molecule has 0 amide bonds. The third kappa shape index (κ3) is 2.47. The maximum atomic E-state index is 12.2. The topological polar surface area (TPSA) is 46.0 Å². The maximum absolute atomic E-state index is 12.2. The second-order valence-corrected chi connectivity index (χ2v) is 4.35. The zero-order chi connectivity index (χ0) is 13.8. The van der Waals surface area contributed by atoms with Gasteiger partial charge in [-0.1, -0.05) is 30.3 Å². The van der Waals surface area contributed by atoms with E-state index >= 15 is 0 Å². The third-order valence-corrected chi connectivity index (χ3v) is 3.01. The Labute approximate surface area is 116 Å². The molecule has 98 valence electrons. The summed E-state index contributed by atoms with van der Waals surface area (Å²) in [6.45, 7) is 0. The molecule has 0 aliphatic rings. The Hall–Kier alpha value is -2.81. The van der Waals surface area contributed by atoms with Gasteiger partial charge in [-0.05, 0) is 35.9 Å². The summed E-state index contributed by atoms with van der Waals surface area (Å²) in [5.41, 5.74) is 2.72. The van der Waals surface area contributed by atoms with Gasteiger partial charge in [0.15, 0.2) is 5.76 Å². The standard InChI is InChI=1S/C17H13NO2/c19-16(17-9-5-11-20-17)12-14(15-8-4-10-18-15)13-6-2-1-3-7-13/h1-12,18H/b14-12+. The van der Waals surface area contributed by atoms with Gasteiger partial charge in [0, 0.05) is 17.5 Å². The van der Waals surface area contributed by atoms with Crippen molar-refractivity contribution >= 4 is 11.4 Å². The molecule has 0 saturated carbocycles. The zero-order valence-corrected chi connectivity index (χ0v) is 10.7. The number of rotatable bonds is 4. The summed E-state index contributed by atoms with van der Waals surface area (Å²) < 4.78 is 5.15. The number of nitrogens with one attached hydrogen (secondary N) is 1. The molecular formula is C17H13NO2. The molecule has 3 nitrogen and oxygen atoms in total. The van der Waals surface area contributed by atoms with Gasteiger partial charge >= 0.3 is 0 Å². The highest BCUT2D eigenvalue weighted by Gasteiger charge is 2.11. The predicted octanol–water partition coefficient (Wildman–Crippen LogP) is 3.92. The minimum atomic E-state index is -0.150. The predicted molar refractivity (Wildman–Crippen MR) is 77.4 cm³/mol. The second kappa shape index (κ2) is 5.45. The molecular weight excluding hydrogens is 250 g/mol. The van der Waals surface area contributed by atoms with Crippen LogP contribution in [0.5, 0.6) is 0 Å². The lowest BCUT2D eigenvalue weighted by Gasteiger charge is -2.05. The van der Waals surface area contributed by atoms with Crippen molar-refractivity contribution in [1.29, 1.82) is 0 Å². The van der Waals surface area contributed by atoms with Crippen LogP contribution in [0.2, 0.25) is 0 Å². The Morgan fingerprint density at radius 1 is 1.00 bits per heavy atom. The quantitative estimate of drug-likeness (QED) is 0.572. The SMILES string of the molecule is O=C(/C=C(\c1ccccc1)c1ccc[nH]1)c1ccco1. The molecule has 0 bridgehead atoms. The van der Waals surface area contributed by atoms with Crippen molar-refractivity contribution in [2.75, 3.05) is 0 Å². The fourth-order valence-corrected chi connectivity index (χ4v) is 2.05. The van der Waals surface area contributed by atoms with Crippen molar-refractivity contribution in [3.8, 4) is 0 Å². The molecule has 0 fully saturated rings. The maximum Gasteiger partial charge on any atom is 0.221 e. The Morgan fingerprint density at radius 3 is 2.50 bits per heavy atom. The summed E-state index contributed by atoms with van der Waals surface area (Å²) in [6.07, 6.45) is 4.93. The number of hydrogen-bond acceptors (Lipinski definition) is 2. The number of carbonyl (C=O) groups excluding carboxylic acids is 1. The molecule has 3 heteroatoms. The highest BCUT2D eigenvalue weighted by molar-refractivity contribution is 6.08. The molecule has 3 aromatic rings. The number of H-pyrrole nitrogens is 1.